The number of aromatic amines is 1. The van der Waals surface area contributed by atoms with Crippen molar-refractivity contribution < 1.29 is 14.7 Å². The number of nitrogens with two attached hydrogens (primary N) is 1. The number of amides is 2. The number of nitrogens with one attached hydrogen (secondary N) is 2. The smallest absolute Gasteiger partial charge is 0.421 e. The number of unbranched alkanes of at least 4 members (excludes halogenated alkanes) is 2. The van der Waals surface area contributed by atoms with Crippen LogP contribution in [0.1, 0.15) is 45.4 Å². The van der Waals surface area contributed by atoms with Crippen LogP contribution in [-0.4, -0.2) is 51.2 Å². The highest BCUT2D eigenvalue weighted by Crippen LogP contribution is 2.39. The molecule has 5 N–H and O–H groups in total. The Morgan fingerprint density at radius 3 is 3.00 bits per heavy atom. The van der Waals surface area contributed by atoms with Crippen LogP contribution >= 0.6 is 11.6 Å². The topological polar surface area (TPSA) is 128 Å². The third kappa shape index (κ3) is 4.73. The summed E-state index contributed by atoms with van der Waals surface area (Å²) in [6, 6.07) is -0.341. The van der Waals surface area contributed by atoms with E-state index in [4.69, 9.17) is 17.4 Å². The maximum atomic E-state index is 12.3. The molecule has 3 heterocycles. The monoisotopic (exact) mass is 422 g/mol. The first-order chi connectivity index (χ1) is 13.9. The predicted octanol–water partition coefficient (Wildman–Crippen LogP) is 3.56. The van der Waals surface area contributed by atoms with Gasteiger partial charge in [-0.3, -0.25) is 4.79 Å². The van der Waals surface area contributed by atoms with Crippen LogP contribution in [0.25, 0.3) is 11.0 Å². The van der Waals surface area contributed by atoms with E-state index in [1.54, 1.807) is 12.4 Å². The molecule has 2 aromatic heterocycles. The van der Waals surface area contributed by atoms with Crippen molar-refractivity contribution in [3.05, 3.63) is 17.4 Å². The number of hydrogen-bond acceptors (Lipinski definition) is 5. The van der Waals surface area contributed by atoms with Gasteiger partial charge in [0.1, 0.15) is 5.65 Å². The summed E-state index contributed by atoms with van der Waals surface area (Å²) in [7, 11) is 0. The molecule has 1 aliphatic rings. The maximum Gasteiger partial charge on any atom is 0.421 e. The van der Waals surface area contributed by atoms with Gasteiger partial charge in [-0.1, -0.05) is 31.4 Å². The first-order valence-corrected chi connectivity index (χ1v) is 10.3. The number of halogens is 1. The Balaban J connectivity index is 1.89. The maximum absolute atomic E-state index is 12.3. The Kier molecular flexibility index (Phi) is 6.81. The van der Waals surface area contributed by atoms with Crippen LogP contribution in [-0.2, 0) is 4.79 Å². The van der Waals surface area contributed by atoms with E-state index < -0.39 is 6.09 Å². The summed E-state index contributed by atoms with van der Waals surface area (Å²) < 4.78 is 0. The van der Waals surface area contributed by atoms with Gasteiger partial charge in [0.2, 0.25) is 5.91 Å². The Bertz CT molecular complexity index is 886. The van der Waals surface area contributed by atoms with Gasteiger partial charge in [0.25, 0.3) is 0 Å². The zero-order chi connectivity index (χ0) is 21.0. The molecule has 0 aromatic carbocycles. The molecular formula is C19H27ClN6O3. The van der Waals surface area contributed by atoms with Crippen molar-refractivity contribution >= 4 is 46.0 Å². The minimum atomic E-state index is -1.16. The van der Waals surface area contributed by atoms with E-state index in [-0.39, 0.29) is 11.9 Å². The van der Waals surface area contributed by atoms with Crippen LogP contribution < -0.4 is 16.1 Å². The van der Waals surface area contributed by atoms with Gasteiger partial charge in [0.05, 0.1) is 34.0 Å². The van der Waals surface area contributed by atoms with Crippen molar-refractivity contribution in [2.24, 2.45) is 5.84 Å². The number of H-pyrrole nitrogens is 1. The molecule has 2 aromatic rings. The van der Waals surface area contributed by atoms with E-state index in [0.717, 1.165) is 41.8 Å². The van der Waals surface area contributed by atoms with E-state index in [9.17, 15) is 14.7 Å². The molecule has 9 nitrogen and oxygen atoms in total. The fourth-order valence-corrected chi connectivity index (χ4v) is 4.02. The van der Waals surface area contributed by atoms with Gasteiger partial charge in [-0.05, 0) is 19.3 Å². The first-order valence-electron chi connectivity index (χ1n) is 9.89. The number of pyridine rings is 1. The van der Waals surface area contributed by atoms with Crippen molar-refractivity contribution in [2.75, 3.05) is 23.3 Å². The molecule has 2 amide bonds. The number of carbonyl (C=O) groups excluding carboxylic acids is 1. The molecular weight excluding hydrogens is 396 g/mol. The van der Waals surface area contributed by atoms with Crippen LogP contribution in [0.15, 0.2) is 12.4 Å². The summed E-state index contributed by atoms with van der Waals surface area (Å²) in [5.41, 5.74) is 1.96. The number of nitrogens with zero attached hydrogens (tertiary/aromatic N) is 3. The zero-order valence-corrected chi connectivity index (χ0v) is 17.2. The van der Waals surface area contributed by atoms with Gasteiger partial charge < -0.3 is 20.3 Å². The summed E-state index contributed by atoms with van der Waals surface area (Å²) in [5.74, 6) is 5.66. The molecule has 0 spiro atoms. The van der Waals surface area contributed by atoms with E-state index >= 15 is 0 Å². The fourth-order valence-electron chi connectivity index (χ4n) is 3.75. The van der Waals surface area contributed by atoms with E-state index in [1.165, 1.54) is 0 Å². The van der Waals surface area contributed by atoms with Gasteiger partial charge in [-0.15, -0.1) is 0 Å². The highest BCUT2D eigenvalue weighted by Gasteiger charge is 2.29. The number of anilines is 2. The molecule has 0 unspecified atom stereocenters. The molecule has 0 radical (unpaired) electrons. The van der Waals surface area contributed by atoms with E-state index in [0.29, 0.717) is 42.3 Å². The van der Waals surface area contributed by atoms with Crippen molar-refractivity contribution in [3.8, 4) is 0 Å². The third-order valence-electron chi connectivity index (χ3n) is 5.24. The predicted molar refractivity (Wildman–Crippen MR) is 113 cm³/mol. The van der Waals surface area contributed by atoms with Crippen molar-refractivity contribution in [2.45, 2.75) is 51.5 Å². The minimum Gasteiger partial charge on any atom is -0.464 e. The standard InChI is InChI=1S/C19H27ClN6O3/c1-2-3-4-7-15(27)24-14-10-23-18-16(14)17(13(20)9-22-18)25-8-5-6-12(11-25)26(21)19(28)29/h9-10,12H,2-8,11,21H2,1H3,(H,22,23)(H,24,27)(H,28,29)/t12-/m1/s1. The number of fused-ring (bicyclic) bond motifs is 1. The zero-order valence-electron chi connectivity index (χ0n) is 16.4. The quantitative estimate of drug-likeness (QED) is 0.234. The highest BCUT2D eigenvalue weighted by atomic mass is 35.5. The van der Waals surface area contributed by atoms with E-state index in [2.05, 4.69) is 22.2 Å². The second-order valence-corrected chi connectivity index (χ2v) is 7.73. The number of hydrogen-bond donors (Lipinski definition) is 4. The second-order valence-electron chi connectivity index (χ2n) is 7.32. The molecule has 1 fully saturated rings. The van der Waals surface area contributed by atoms with Crippen molar-refractivity contribution in [1.82, 2.24) is 15.0 Å². The number of carboxylic acid groups (broad SMARTS) is 1. The molecule has 1 aliphatic heterocycles. The van der Waals surface area contributed by atoms with Crippen LogP contribution in [0.3, 0.4) is 0 Å². The SMILES string of the molecule is CCCCCC(=O)Nc1c[nH]c2ncc(Cl)c(N3CCC[C@@H](N(N)C(=O)O)C3)c12. The largest absolute Gasteiger partial charge is 0.464 e. The van der Waals surface area contributed by atoms with E-state index in [1.807, 2.05) is 4.90 Å². The van der Waals surface area contributed by atoms with Crippen LogP contribution in [0.4, 0.5) is 16.2 Å². The summed E-state index contributed by atoms with van der Waals surface area (Å²) in [6.07, 6.45) is 6.91. The lowest BCUT2D eigenvalue weighted by atomic mass is 10.0. The summed E-state index contributed by atoms with van der Waals surface area (Å²) in [5, 5.41) is 14.2. The molecule has 0 bridgehead atoms. The molecule has 3 rings (SSSR count). The molecule has 0 aliphatic carbocycles. The minimum absolute atomic E-state index is 0.0548. The lowest BCUT2D eigenvalue weighted by molar-refractivity contribution is -0.116. The summed E-state index contributed by atoms with van der Waals surface area (Å²) >= 11 is 6.50. The molecule has 10 heteroatoms. The molecule has 1 saturated heterocycles. The van der Waals surface area contributed by atoms with Crippen LogP contribution in [0, 0.1) is 0 Å². The van der Waals surface area contributed by atoms with Gasteiger partial charge in [0, 0.05) is 25.7 Å². The lowest BCUT2D eigenvalue weighted by Gasteiger charge is -2.37. The Morgan fingerprint density at radius 1 is 1.48 bits per heavy atom. The number of rotatable bonds is 7. The molecule has 158 valence electrons. The second kappa shape index (κ2) is 9.32. The van der Waals surface area contributed by atoms with Gasteiger partial charge in [-0.25, -0.2) is 20.6 Å². The normalized spacial score (nSPS) is 16.8. The third-order valence-corrected chi connectivity index (χ3v) is 5.51. The molecule has 29 heavy (non-hydrogen) atoms. The summed E-state index contributed by atoms with van der Waals surface area (Å²) in [6.45, 7) is 3.21. The lowest BCUT2D eigenvalue weighted by Crippen LogP contribution is -2.53. The number of carbonyl (C=O) groups is 2. The Labute approximate surface area is 174 Å². The highest BCUT2D eigenvalue weighted by molar-refractivity contribution is 6.35. The number of piperidine rings is 1. The van der Waals surface area contributed by atoms with Crippen molar-refractivity contribution in [1.29, 1.82) is 0 Å². The van der Waals surface area contributed by atoms with Crippen LogP contribution in [0.2, 0.25) is 5.02 Å². The van der Waals surface area contributed by atoms with Crippen LogP contribution in [0.5, 0.6) is 0 Å². The van der Waals surface area contributed by atoms with Gasteiger partial charge in [0.15, 0.2) is 0 Å². The first kappa shape index (κ1) is 21.2. The average Bonchev–Trinajstić information content (AvgIpc) is 3.10. The Hall–Kier alpha value is -2.52. The number of aromatic nitrogens is 2. The molecule has 0 saturated carbocycles. The Morgan fingerprint density at radius 2 is 2.28 bits per heavy atom. The van der Waals surface area contributed by atoms with Gasteiger partial charge in [-0.2, -0.15) is 0 Å². The molecule has 1 atom stereocenters. The number of hydrazine groups is 1. The summed E-state index contributed by atoms with van der Waals surface area (Å²) in [4.78, 5) is 33.0. The van der Waals surface area contributed by atoms with Gasteiger partial charge >= 0.3 is 6.09 Å². The van der Waals surface area contributed by atoms with Crippen molar-refractivity contribution in [3.63, 3.8) is 0 Å². The fraction of sp³-hybridized carbons (Fsp3) is 0.526. The average molecular weight is 423 g/mol.